The molecule has 1 aliphatic heterocycles. The van der Waals surface area contributed by atoms with E-state index < -0.39 is 0 Å². The van der Waals surface area contributed by atoms with E-state index >= 15 is 0 Å². The maximum Gasteiger partial charge on any atom is 0.0716 e. The molecular formula is C15H24N2O. The molecule has 0 amide bonds. The molecule has 3 nitrogen and oxygen atoms in total. The van der Waals surface area contributed by atoms with Crippen LogP contribution in [-0.2, 0) is 17.9 Å². The summed E-state index contributed by atoms with van der Waals surface area (Å²) in [7, 11) is 1.75. The number of rotatable bonds is 4. The molecule has 1 saturated heterocycles. The van der Waals surface area contributed by atoms with E-state index in [-0.39, 0.29) is 0 Å². The van der Waals surface area contributed by atoms with Gasteiger partial charge in [0.2, 0.25) is 0 Å². The van der Waals surface area contributed by atoms with Crippen LogP contribution in [0.2, 0.25) is 0 Å². The van der Waals surface area contributed by atoms with Crippen LogP contribution in [0, 0.1) is 5.92 Å². The summed E-state index contributed by atoms with van der Waals surface area (Å²) in [5.74, 6) is 0.591. The van der Waals surface area contributed by atoms with E-state index in [0.29, 0.717) is 18.6 Å². The largest absolute Gasteiger partial charge is 0.380 e. The molecule has 0 aromatic heterocycles. The predicted octanol–water partition coefficient (Wildman–Crippen LogP) is 2.00. The summed E-state index contributed by atoms with van der Waals surface area (Å²) in [4.78, 5) is 2.50. The first kappa shape index (κ1) is 13.5. The van der Waals surface area contributed by atoms with E-state index in [1.807, 2.05) is 0 Å². The molecule has 1 aliphatic rings. The zero-order valence-electron chi connectivity index (χ0n) is 11.4. The first-order valence-corrected chi connectivity index (χ1v) is 6.74. The average molecular weight is 248 g/mol. The van der Waals surface area contributed by atoms with Crippen molar-refractivity contribution in [2.75, 3.05) is 20.2 Å². The Morgan fingerprint density at radius 2 is 2.06 bits per heavy atom. The summed E-state index contributed by atoms with van der Waals surface area (Å²) in [6, 6.07) is 8.90. The van der Waals surface area contributed by atoms with E-state index in [0.717, 1.165) is 26.1 Å². The zero-order chi connectivity index (χ0) is 13.0. The van der Waals surface area contributed by atoms with Crippen molar-refractivity contribution in [2.45, 2.75) is 32.5 Å². The van der Waals surface area contributed by atoms with Crippen molar-refractivity contribution in [1.29, 1.82) is 0 Å². The SMILES string of the molecule is COCc1ccccc1CN1CCC(N)C(C)C1. The fourth-order valence-electron chi connectivity index (χ4n) is 2.64. The van der Waals surface area contributed by atoms with E-state index in [1.54, 1.807) is 7.11 Å². The quantitative estimate of drug-likeness (QED) is 0.885. The third kappa shape index (κ3) is 3.31. The summed E-state index contributed by atoms with van der Waals surface area (Å²) in [5, 5.41) is 0. The molecule has 2 atom stereocenters. The smallest absolute Gasteiger partial charge is 0.0716 e. The highest BCUT2D eigenvalue weighted by atomic mass is 16.5. The minimum Gasteiger partial charge on any atom is -0.380 e. The Kier molecular flexibility index (Phi) is 4.75. The van der Waals surface area contributed by atoms with Gasteiger partial charge in [-0.3, -0.25) is 4.90 Å². The van der Waals surface area contributed by atoms with Crippen LogP contribution in [0.5, 0.6) is 0 Å². The highest BCUT2D eigenvalue weighted by molar-refractivity contribution is 5.26. The second-order valence-corrected chi connectivity index (χ2v) is 5.37. The van der Waals surface area contributed by atoms with Gasteiger partial charge in [0.25, 0.3) is 0 Å². The van der Waals surface area contributed by atoms with Crippen LogP contribution in [0.25, 0.3) is 0 Å². The highest BCUT2D eigenvalue weighted by Crippen LogP contribution is 2.19. The normalized spacial score (nSPS) is 25.3. The Balaban J connectivity index is 2.01. The Hall–Kier alpha value is -0.900. The number of nitrogens with two attached hydrogens (primary N) is 1. The molecule has 1 fully saturated rings. The molecule has 2 unspecified atom stereocenters. The van der Waals surface area contributed by atoms with Gasteiger partial charge in [-0.25, -0.2) is 0 Å². The van der Waals surface area contributed by atoms with Crippen LogP contribution in [-0.4, -0.2) is 31.1 Å². The molecule has 18 heavy (non-hydrogen) atoms. The third-order valence-electron chi connectivity index (χ3n) is 3.87. The number of nitrogens with zero attached hydrogens (tertiary/aromatic N) is 1. The van der Waals surface area contributed by atoms with E-state index in [9.17, 15) is 0 Å². The van der Waals surface area contributed by atoms with Gasteiger partial charge in [0, 0.05) is 26.2 Å². The standard InChI is InChI=1S/C15H24N2O/c1-12-9-17(8-7-15(12)16)10-13-5-3-4-6-14(13)11-18-2/h3-6,12,15H,7-11,16H2,1-2H3. The van der Waals surface area contributed by atoms with E-state index in [4.69, 9.17) is 10.5 Å². The maximum absolute atomic E-state index is 6.06. The van der Waals surface area contributed by atoms with Crippen molar-refractivity contribution in [3.63, 3.8) is 0 Å². The van der Waals surface area contributed by atoms with Gasteiger partial charge in [-0.15, -0.1) is 0 Å². The predicted molar refractivity (Wildman–Crippen MR) is 74.2 cm³/mol. The lowest BCUT2D eigenvalue weighted by Crippen LogP contribution is -2.45. The van der Waals surface area contributed by atoms with Crippen molar-refractivity contribution in [3.05, 3.63) is 35.4 Å². The molecule has 3 heteroatoms. The Bertz CT molecular complexity index is 381. The van der Waals surface area contributed by atoms with Gasteiger partial charge in [0.05, 0.1) is 6.61 Å². The molecule has 0 aliphatic carbocycles. The van der Waals surface area contributed by atoms with Gasteiger partial charge in [0.15, 0.2) is 0 Å². The Morgan fingerprint density at radius 3 is 2.72 bits per heavy atom. The van der Waals surface area contributed by atoms with Crippen LogP contribution in [0.4, 0.5) is 0 Å². The fraction of sp³-hybridized carbons (Fsp3) is 0.600. The molecule has 0 saturated carbocycles. The van der Waals surface area contributed by atoms with E-state index in [1.165, 1.54) is 11.1 Å². The second kappa shape index (κ2) is 6.32. The Labute approximate surface area is 110 Å². The number of methoxy groups -OCH3 is 1. The van der Waals surface area contributed by atoms with Crippen LogP contribution >= 0.6 is 0 Å². The van der Waals surface area contributed by atoms with Gasteiger partial charge in [-0.2, -0.15) is 0 Å². The van der Waals surface area contributed by atoms with E-state index in [2.05, 4.69) is 36.1 Å². The number of likely N-dealkylation sites (tertiary alicyclic amines) is 1. The number of hydrogen-bond donors (Lipinski definition) is 1. The van der Waals surface area contributed by atoms with Gasteiger partial charge >= 0.3 is 0 Å². The topological polar surface area (TPSA) is 38.5 Å². The van der Waals surface area contributed by atoms with Crippen LogP contribution < -0.4 is 5.73 Å². The van der Waals surface area contributed by atoms with Crippen LogP contribution in [0.15, 0.2) is 24.3 Å². The highest BCUT2D eigenvalue weighted by Gasteiger charge is 2.23. The summed E-state index contributed by atoms with van der Waals surface area (Å²) in [5.41, 5.74) is 8.74. The monoisotopic (exact) mass is 248 g/mol. The third-order valence-corrected chi connectivity index (χ3v) is 3.87. The maximum atomic E-state index is 6.06. The molecule has 1 aromatic rings. The van der Waals surface area contributed by atoms with Gasteiger partial charge in [-0.1, -0.05) is 31.2 Å². The molecule has 2 rings (SSSR count). The lowest BCUT2D eigenvalue weighted by Gasteiger charge is -2.35. The molecule has 0 bridgehead atoms. The average Bonchev–Trinajstić information content (AvgIpc) is 2.37. The first-order chi connectivity index (χ1) is 8.70. The number of piperidine rings is 1. The van der Waals surface area contributed by atoms with Crippen molar-refractivity contribution < 1.29 is 4.74 Å². The Morgan fingerprint density at radius 1 is 1.33 bits per heavy atom. The molecule has 2 N–H and O–H groups in total. The van der Waals surface area contributed by atoms with Crippen molar-refractivity contribution in [1.82, 2.24) is 4.90 Å². The van der Waals surface area contributed by atoms with Crippen LogP contribution in [0.1, 0.15) is 24.5 Å². The summed E-state index contributed by atoms with van der Waals surface area (Å²) >= 11 is 0. The van der Waals surface area contributed by atoms with Crippen molar-refractivity contribution >= 4 is 0 Å². The minimum atomic E-state index is 0.371. The molecule has 1 heterocycles. The zero-order valence-corrected chi connectivity index (χ0v) is 11.4. The van der Waals surface area contributed by atoms with Crippen LogP contribution in [0.3, 0.4) is 0 Å². The molecule has 0 radical (unpaired) electrons. The first-order valence-electron chi connectivity index (χ1n) is 6.74. The lowest BCUT2D eigenvalue weighted by atomic mass is 9.94. The summed E-state index contributed by atoms with van der Waals surface area (Å²) in [6.07, 6.45) is 1.10. The van der Waals surface area contributed by atoms with Crippen molar-refractivity contribution in [3.8, 4) is 0 Å². The minimum absolute atomic E-state index is 0.371. The fourth-order valence-corrected chi connectivity index (χ4v) is 2.64. The number of ether oxygens (including phenoxy) is 1. The van der Waals surface area contributed by atoms with Crippen molar-refractivity contribution in [2.24, 2.45) is 11.7 Å². The van der Waals surface area contributed by atoms with Gasteiger partial charge in [0.1, 0.15) is 0 Å². The molecular weight excluding hydrogens is 224 g/mol. The molecule has 0 spiro atoms. The molecule has 100 valence electrons. The van der Waals surface area contributed by atoms with Gasteiger partial charge in [-0.05, 0) is 30.0 Å². The summed E-state index contributed by atoms with van der Waals surface area (Å²) < 4.78 is 5.26. The van der Waals surface area contributed by atoms with Gasteiger partial charge < -0.3 is 10.5 Å². The number of hydrogen-bond acceptors (Lipinski definition) is 3. The lowest BCUT2D eigenvalue weighted by molar-refractivity contribution is 0.153. The molecule has 1 aromatic carbocycles. The number of benzene rings is 1. The summed E-state index contributed by atoms with van der Waals surface area (Å²) in [6.45, 7) is 6.16. The second-order valence-electron chi connectivity index (χ2n) is 5.37.